The van der Waals surface area contributed by atoms with Crippen LogP contribution in [0.4, 0.5) is 0 Å². The highest BCUT2D eigenvalue weighted by molar-refractivity contribution is 5.79. The van der Waals surface area contributed by atoms with Gasteiger partial charge in [0.25, 0.3) is 0 Å². The molecule has 0 heterocycles. The molecule has 13 heavy (non-hydrogen) atoms. The van der Waals surface area contributed by atoms with Crippen molar-refractivity contribution in [2.45, 2.75) is 25.7 Å². The fourth-order valence-electron chi connectivity index (χ4n) is 1.69. The van der Waals surface area contributed by atoms with Crippen molar-refractivity contribution in [1.29, 1.82) is 0 Å². The maximum Gasteiger partial charge on any atom is 0.327 e. The SMILES string of the molecule is O=CC1CCC(C=CC(=O)O)CC1. The Morgan fingerprint density at radius 1 is 1.15 bits per heavy atom. The van der Waals surface area contributed by atoms with E-state index in [9.17, 15) is 9.59 Å². The van der Waals surface area contributed by atoms with Crippen LogP contribution in [0.2, 0.25) is 0 Å². The second-order valence-corrected chi connectivity index (χ2v) is 3.51. The molecule has 0 aromatic carbocycles. The summed E-state index contributed by atoms with van der Waals surface area (Å²) in [6.45, 7) is 0. The maximum atomic E-state index is 10.4. The number of hydrogen-bond donors (Lipinski definition) is 1. The minimum Gasteiger partial charge on any atom is -0.478 e. The van der Waals surface area contributed by atoms with Crippen LogP contribution in [0.15, 0.2) is 12.2 Å². The van der Waals surface area contributed by atoms with Gasteiger partial charge >= 0.3 is 5.97 Å². The first-order valence-corrected chi connectivity index (χ1v) is 4.59. The third kappa shape index (κ3) is 3.40. The third-order valence-corrected chi connectivity index (χ3v) is 2.52. The molecule has 0 amide bonds. The van der Waals surface area contributed by atoms with Crippen LogP contribution < -0.4 is 0 Å². The first kappa shape index (κ1) is 9.96. The predicted octanol–water partition coefficient (Wildman–Crippen LogP) is 1.63. The molecule has 1 rings (SSSR count). The molecular formula is C10H14O3. The van der Waals surface area contributed by atoms with Gasteiger partial charge in [0.05, 0.1) is 0 Å². The summed E-state index contributed by atoms with van der Waals surface area (Å²) < 4.78 is 0. The number of aldehydes is 1. The number of carbonyl (C=O) groups is 2. The van der Waals surface area contributed by atoms with Crippen molar-refractivity contribution in [2.75, 3.05) is 0 Å². The normalized spacial score (nSPS) is 28.9. The standard InChI is InChI=1S/C10H14O3/c11-7-9-3-1-8(2-4-9)5-6-10(12)13/h5-9H,1-4H2,(H,12,13). The summed E-state index contributed by atoms with van der Waals surface area (Å²) in [4.78, 5) is 20.6. The van der Waals surface area contributed by atoms with E-state index in [0.29, 0.717) is 5.92 Å². The van der Waals surface area contributed by atoms with Crippen molar-refractivity contribution in [3.05, 3.63) is 12.2 Å². The largest absolute Gasteiger partial charge is 0.478 e. The lowest BCUT2D eigenvalue weighted by Crippen LogP contribution is -2.14. The molecule has 0 spiro atoms. The average Bonchev–Trinajstić information content (AvgIpc) is 2.15. The quantitative estimate of drug-likeness (QED) is 0.533. The molecule has 3 nitrogen and oxygen atoms in total. The van der Waals surface area contributed by atoms with Crippen LogP contribution in [0.25, 0.3) is 0 Å². The lowest BCUT2D eigenvalue weighted by Gasteiger charge is -2.22. The molecule has 0 saturated heterocycles. The highest BCUT2D eigenvalue weighted by Crippen LogP contribution is 2.28. The first-order chi connectivity index (χ1) is 6.22. The van der Waals surface area contributed by atoms with E-state index in [2.05, 4.69) is 0 Å². The number of hydrogen-bond acceptors (Lipinski definition) is 2. The lowest BCUT2D eigenvalue weighted by molar-refractivity contribution is -0.131. The monoisotopic (exact) mass is 182 g/mol. The zero-order chi connectivity index (χ0) is 9.68. The molecule has 72 valence electrons. The number of carboxylic acid groups (broad SMARTS) is 1. The molecule has 0 atom stereocenters. The highest BCUT2D eigenvalue weighted by Gasteiger charge is 2.18. The van der Waals surface area contributed by atoms with Crippen molar-refractivity contribution >= 4 is 12.3 Å². The summed E-state index contributed by atoms with van der Waals surface area (Å²) in [5.74, 6) is -0.334. The van der Waals surface area contributed by atoms with Gasteiger partial charge in [-0.05, 0) is 31.6 Å². The fourth-order valence-corrected chi connectivity index (χ4v) is 1.69. The van der Waals surface area contributed by atoms with Gasteiger partial charge in [0.15, 0.2) is 0 Å². The number of carboxylic acids is 1. The highest BCUT2D eigenvalue weighted by atomic mass is 16.4. The Bertz CT molecular complexity index is 212. The number of carbonyl (C=O) groups excluding carboxylic acids is 1. The van der Waals surface area contributed by atoms with Crippen LogP contribution in [-0.4, -0.2) is 17.4 Å². The Morgan fingerprint density at radius 3 is 2.15 bits per heavy atom. The van der Waals surface area contributed by atoms with E-state index < -0.39 is 5.97 Å². The molecule has 0 unspecified atom stereocenters. The van der Waals surface area contributed by atoms with E-state index in [4.69, 9.17) is 5.11 Å². The smallest absolute Gasteiger partial charge is 0.327 e. The molecule has 1 saturated carbocycles. The Kier molecular flexibility index (Phi) is 3.68. The molecule has 0 aliphatic heterocycles. The van der Waals surface area contributed by atoms with Crippen molar-refractivity contribution < 1.29 is 14.7 Å². The van der Waals surface area contributed by atoms with E-state index in [1.807, 2.05) is 0 Å². The van der Waals surface area contributed by atoms with Crippen LogP contribution in [-0.2, 0) is 9.59 Å². The van der Waals surface area contributed by atoms with E-state index in [1.54, 1.807) is 6.08 Å². The lowest BCUT2D eigenvalue weighted by atomic mass is 9.82. The fraction of sp³-hybridized carbons (Fsp3) is 0.600. The third-order valence-electron chi connectivity index (χ3n) is 2.52. The second-order valence-electron chi connectivity index (χ2n) is 3.51. The molecule has 1 aliphatic carbocycles. The maximum absolute atomic E-state index is 10.4. The molecule has 0 aromatic rings. The van der Waals surface area contributed by atoms with Gasteiger partial charge in [-0.2, -0.15) is 0 Å². The van der Waals surface area contributed by atoms with Gasteiger partial charge in [0, 0.05) is 12.0 Å². The summed E-state index contributed by atoms with van der Waals surface area (Å²) in [7, 11) is 0. The zero-order valence-corrected chi connectivity index (χ0v) is 7.48. The van der Waals surface area contributed by atoms with Crippen molar-refractivity contribution in [1.82, 2.24) is 0 Å². The van der Waals surface area contributed by atoms with E-state index in [1.165, 1.54) is 6.08 Å². The van der Waals surface area contributed by atoms with Gasteiger partial charge in [0.1, 0.15) is 6.29 Å². The molecule has 1 N–H and O–H groups in total. The van der Waals surface area contributed by atoms with Crippen LogP contribution >= 0.6 is 0 Å². The topological polar surface area (TPSA) is 54.4 Å². The van der Waals surface area contributed by atoms with Crippen molar-refractivity contribution in [2.24, 2.45) is 11.8 Å². The van der Waals surface area contributed by atoms with Gasteiger partial charge in [-0.15, -0.1) is 0 Å². The Balaban J connectivity index is 2.32. The second kappa shape index (κ2) is 4.80. The minimum absolute atomic E-state index is 0.203. The Hall–Kier alpha value is -1.12. The molecule has 0 aromatic heterocycles. The van der Waals surface area contributed by atoms with Crippen molar-refractivity contribution in [3.8, 4) is 0 Å². The Labute approximate surface area is 77.4 Å². The van der Waals surface area contributed by atoms with E-state index >= 15 is 0 Å². The number of rotatable bonds is 3. The first-order valence-electron chi connectivity index (χ1n) is 4.59. The van der Waals surface area contributed by atoms with Crippen LogP contribution in [0.5, 0.6) is 0 Å². The van der Waals surface area contributed by atoms with Gasteiger partial charge in [-0.3, -0.25) is 0 Å². The summed E-state index contributed by atoms with van der Waals surface area (Å²) in [5, 5.41) is 8.40. The zero-order valence-electron chi connectivity index (χ0n) is 7.48. The molecule has 0 bridgehead atoms. The average molecular weight is 182 g/mol. The molecular weight excluding hydrogens is 168 g/mol. The summed E-state index contributed by atoms with van der Waals surface area (Å²) in [6.07, 6.45) is 7.63. The van der Waals surface area contributed by atoms with Gasteiger partial charge in [-0.1, -0.05) is 6.08 Å². The number of aliphatic carboxylic acids is 1. The van der Waals surface area contributed by atoms with Crippen LogP contribution in [0.1, 0.15) is 25.7 Å². The molecule has 3 heteroatoms. The molecule has 1 fully saturated rings. The van der Waals surface area contributed by atoms with E-state index in [-0.39, 0.29) is 5.92 Å². The van der Waals surface area contributed by atoms with Crippen LogP contribution in [0, 0.1) is 11.8 Å². The van der Waals surface area contributed by atoms with Crippen LogP contribution in [0.3, 0.4) is 0 Å². The summed E-state index contributed by atoms with van der Waals surface area (Å²) >= 11 is 0. The predicted molar refractivity (Wildman–Crippen MR) is 48.3 cm³/mol. The van der Waals surface area contributed by atoms with Gasteiger partial charge < -0.3 is 9.90 Å². The molecule has 1 aliphatic rings. The molecule has 0 radical (unpaired) electrons. The summed E-state index contributed by atoms with van der Waals surface area (Å²) in [5.41, 5.74) is 0. The van der Waals surface area contributed by atoms with Gasteiger partial charge in [-0.25, -0.2) is 4.79 Å². The minimum atomic E-state index is -0.891. The number of allylic oxidation sites excluding steroid dienone is 1. The van der Waals surface area contributed by atoms with Crippen molar-refractivity contribution in [3.63, 3.8) is 0 Å². The Morgan fingerprint density at radius 2 is 1.69 bits per heavy atom. The summed E-state index contributed by atoms with van der Waals surface area (Å²) in [6, 6.07) is 0. The van der Waals surface area contributed by atoms with Gasteiger partial charge in [0.2, 0.25) is 0 Å². The van der Waals surface area contributed by atoms with E-state index in [0.717, 1.165) is 32.0 Å².